The van der Waals surface area contributed by atoms with E-state index < -0.39 is 0 Å². The number of amides is 2. The maximum Gasteiger partial charge on any atom is 0.322 e. The molecule has 0 radical (unpaired) electrons. The van der Waals surface area contributed by atoms with Gasteiger partial charge in [0.25, 0.3) is 0 Å². The van der Waals surface area contributed by atoms with Crippen molar-refractivity contribution in [1.29, 1.82) is 0 Å². The zero-order chi connectivity index (χ0) is 19.3. The Morgan fingerprint density at radius 1 is 1.25 bits per heavy atom. The molecule has 150 valence electrons. The van der Waals surface area contributed by atoms with Gasteiger partial charge in [-0.15, -0.1) is 0 Å². The molecule has 1 aromatic carbocycles. The molecule has 0 saturated carbocycles. The van der Waals surface area contributed by atoms with Crippen molar-refractivity contribution in [1.82, 2.24) is 14.7 Å². The molecule has 2 fully saturated rings. The summed E-state index contributed by atoms with van der Waals surface area (Å²) in [6.45, 7) is 7.68. The molecule has 28 heavy (non-hydrogen) atoms. The molecule has 2 saturated heterocycles. The minimum atomic E-state index is -0.139. The van der Waals surface area contributed by atoms with Crippen LogP contribution in [0.2, 0.25) is 0 Å². The Morgan fingerprint density at radius 2 is 2.11 bits per heavy atom. The first-order valence-electron chi connectivity index (χ1n) is 9.85. The molecule has 2 aliphatic heterocycles. The molecule has 8 heteroatoms. The number of aryl methyl sites for hydroxylation is 1. The number of ether oxygens (including phenoxy) is 2. The Morgan fingerprint density at radius 3 is 2.89 bits per heavy atom. The number of nitrogens with zero attached hydrogens (tertiary/aromatic N) is 4. The van der Waals surface area contributed by atoms with E-state index in [4.69, 9.17) is 9.47 Å². The van der Waals surface area contributed by atoms with Gasteiger partial charge in [0.15, 0.2) is 0 Å². The molecule has 2 aliphatic rings. The molecule has 2 aromatic rings. The Hall–Kier alpha value is -2.58. The van der Waals surface area contributed by atoms with Crippen LogP contribution in [0.25, 0.3) is 0 Å². The summed E-state index contributed by atoms with van der Waals surface area (Å²) in [6, 6.07) is 7.88. The molecule has 1 atom stereocenters. The third kappa shape index (κ3) is 4.28. The second kappa shape index (κ2) is 8.62. The Labute approximate surface area is 165 Å². The summed E-state index contributed by atoms with van der Waals surface area (Å²) in [7, 11) is 0. The van der Waals surface area contributed by atoms with Gasteiger partial charge in [-0.2, -0.15) is 5.10 Å². The van der Waals surface area contributed by atoms with E-state index in [1.54, 1.807) is 4.90 Å². The molecule has 1 aromatic heterocycles. The van der Waals surface area contributed by atoms with Crippen LogP contribution in [0.1, 0.15) is 18.6 Å². The van der Waals surface area contributed by atoms with Gasteiger partial charge in [-0.05, 0) is 25.1 Å². The summed E-state index contributed by atoms with van der Waals surface area (Å²) in [5, 5.41) is 7.34. The highest BCUT2D eigenvalue weighted by Gasteiger charge is 2.26. The van der Waals surface area contributed by atoms with Crippen molar-refractivity contribution in [3.8, 4) is 0 Å². The van der Waals surface area contributed by atoms with Gasteiger partial charge in [0, 0.05) is 49.3 Å². The summed E-state index contributed by atoms with van der Waals surface area (Å²) < 4.78 is 13.1. The van der Waals surface area contributed by atoms with Crippen LogP contribution in [0.15, 0.2) is 36.7 Å². The average molecular weight is 385 g/mol. The van der Waals surface area contributed by atoms with E-state index in [2.05, 4.69) is 21.4 Å². The van der Waals surface area contributed by atoms with Gasteiger partial charge in [0.1, 0.15) is 6.10 Å². The van der Waals surface area contributed by atoms with E-state index in [1.807, 2.05) is 42.2 Å². The molecule has 2 amide bonds. The van der Waals surface area contributed by atoms with Crippen molar-refractivity contribution in [2.24, 2.45) is 0 Å². The average Bonchev–Trinajstić information content (AvgIpc) is 3.24. The summed E-state index contributed by atoms with van der Waals surface area (Å²) in [4.78, 5) is 16.9. The molecule has 1 N–H and O–H groups in total. The lowest BCUT2D eigenvalue weighted by molar-refractivity contribution is -0.0135. The zero-order valence-corrected chi connectivity index (χ0v) is 16.2. The van der Waals surface area contributed by atoms with Crippen molar-refractivity contribution < 1.29 is 14.3 Å². The topological polar surface area (TPSA) is 71.9 Å². The highest BCUT2D eigenvalue weighted by atomic mass is 16.5. The fourth-order valence-electron chi connectivity index (χ4n) is 3.56. The van der Waals surface area contributed by atoms with Gasteiger partial charge in [0.05, 0.1) is 32.6 Å². The van der Waals surface area contributed by atoms with E-state index in [1.165, 1.54) is 0 Å². The maximum absolute atomic E-state index is 12.8. The summed E-state index contributed by atoms with van der Waals surface area (Å²) >= 11 is 0. The lowest BCUT2D eigenvalue weighted by Gasteiger charge is -2.33. The lowest BCUT2D eigenvalue weighted by Crippen LogP contribution is -2.44. The highest BCUT2D eigenvalue weighted by Crippen LogP contribution is 2.24. The maximum atomic E-state index is 12.8. The number of carbonyl (C=O) groups is 1. The molecule has 0 aliphatic carbocycles. The molecule has 0 spiro atoms. The van der Waals surface area contributed by atoms with Crippen LogP contribution in [0, 0.1) is 0 Å². The smallest absolute Gasteiger partial charge is 0.322 e. The largest absolute Gasteiger partial charge is 0.378 e. The number of carbonyl (C=O) groups excluding carboxylic acids is 1. The molecular weight excluding hydrogens is 358 g/mol. The molecule has 8 nitrogen and oxygen atoms in total. The Kier molecular flexibility index (Phi) is 5.78. The quantitative estimate of drug-likeness (QED) is 0.875. The second-order valence-electron chi connectivity index (χ2n) is 7.01. The number of urea groups is 1. The minimum absolute atomic E-state index is 0.102. The van der Waals surface area contributed by atoms with Gasteiger partial charge in [-0.3, -0.25) is 4.68 Å². The van der Waals surface area contributed by atoms with Gasteiger partial charge >= 0.3 is 6.03 Å². The third-order valence-corrected chi connectivity index (χ3v) is 5.18. The summed E-state index contributed by atoms with van der Waals surface area (Å²) in [5.74, 6) is 0. The SMILES string of the molecule is CCn1cc([C@H]2CN(C(=O)Nc3cccc(N4CCOCC4)c3)CCO2)cn1. The molecule has 0 unspecified atom stereocenters. The standard InChI is InChI=1S/C20H27N5O3/c1-2-25-14-16(13-21-25)19-15-24(8-11-28-19)20(26)22-17-4-3-5-18(12-17)23-6-9-27-10-7-23/h3-5,12-14,19H,2,6-11,15H2,1H3,(H,22,26)/t19-/m1/s1. The van der Waals surface area contributed by atoms with Crippen molar-refractivity contribution in [3.05, 3.63) is 42.2 Å². The van der Waals surface area contributed by atoms with Crippen LogP contribution < -0.4 is 10.2 Å². The van der Waals surface area contributed by atoms with E-state index in [0.29, 0.717) is 19.7 Å². The van der Waals surface area contributed by atoms with Crippen LogP contribution in [-0.4, -0.2) is 66.7 Å². The lowest BCUT2D eigenvalue weighted by atomic mass is 10.1. The second-order valence-corrected chi connectivity index (χ2v) is 7.01. The van der Waals surface area contributed by atoms with Crippen LogP contribution in [-0.2, 0) is 16.0 Å². The fraction of sp³-hybridized carbons (Fsp3) is 0.500. The number of morpholine rings is 2. The van der Waals surface area contributed by atoms with Crippen molar-refractivity contribution in [2.45, 2.75) is 19.6 Å². The first-order chi connectivity index (χ1) is 13.7. The van der Waals surface area contributed by atoms with E-state index in [-0.39, 0.29) is 12.1 Å². The first kappa shape index (κ1) is 18.8. The van der Waals surface area contributed by atoms with Crippen molar-refractivity contribution in [3.63, 3.8) is 0 Å². The number of anilines is 2. The van der Waals surface area contributed by atoms with Gasteiger partial charge in [-0.1, -0.05) is 6.07 Å². The van der Waals surface area contributed by atoms with Gasteiger partial charge < -0.3 is 24.6 Å². The molecular formula is C20H27N5O3. The summed E-state index contributed by atoms with van der Waals surface area (Å²) in [6.07, 6.45) is 3.67. The minimum Gasteiger partial charge on any atom is -0.378 e. The number of aromatic nitrogens is 2. The van der Waals surface area contributed by atoms with Gasteiger partial charge in [-0.25, -0.2) is 4.79 Å². The van der Waals surface area contributed by atoms with Crippen LogP contribution in [0.4, 0.5) is 16.2 Å². The Balaban J connectivity index is 1.39. The number of rotatable bonds is 4. The van der Waals surface area contributed by atoms with Crippen LogP contribution >= 0.6 is 0 Å². The molecule has 4 rings (SSSR count). The van der Waals surface area contributed by atoms with Crippen LogP contribution in [0.3, 0.4) is 0 Å². The van der Waals surface area contributed by atoms with E-state index in [9.17, 15) is 4.79 Å². The molecule has 0 bridgehead atoms. The van der Waals surface area contributed by atoms with E-state index in [0.717, 1.165) is 49.8 Å². The Bertz CT molecular complexity index is 803. The number of hydrogen-bond acceptors (Lipinski definition) is 5. The van der Waals surface area contributed by atoms with Gasteiger partial charge in [0.2, 0.25) is 0 Å². The van der Waals surface area contributed by atoms with Crippen molar-refractivity contribution in [2.75, 3.05) is 56.2 Å². The normalized spacial score (nSPS) is 20.2. The third-order valence-electron chi connectivity index (χ3n) is 5.18. The monoisotopic (exact) mass is 385 g/mol. The highest BCUT2D eigenvalue weighted by molar-refractivity contribution is 5.90. The van der Waals surface area contributed by atoms with Crippen LogP contribution in [0.5, 0.6) is 0 Å². The number of benzene rings is 1. The fourth-order valence-corrected chi connectivity index (χ4v) is 3.56. The van der Waals surface area contributed by atoms with E-state index >= 15 is 0 Å². The van der Waals surface area contributed by atoms with Crippen molar-refractivity contribution >= 4 is 17.4 Å². The predicted octanol–water partition coefficient (Wildman–Crippen LogP) is 2.35. The zero-order valence-electron chi connectivity index (χ0n) is 16.2. The molecule has 3 heterocycles. The number of nitrogens with one attached hydrogen (secondary N) is 1. The summed E-state index contributed by atoms with van der Waals surface area (Å²) in [5.41, 5.74) is 2.91. The first-order valence-corrected chi connectivity index (χ1v) is 9.85. The number of hydrogen-bond donors (Lipinski definition) is 1. The predicted molar refractivity (Wildman–Crippen MR) is 107 cm³/mol.